The molecule has 0 radical (unpaired) electrons. The number of carbonyl (C=O) groups excluding carboxylic acids is 1. The van der Waals surface area contributed by atoms with Crippen molar-refractivity contribution in [1.29, 1.82) is 0 Å². The number of ether oxygens (including phenoxy) is 2. The Morgan fingerprint density at radius 2 is 2.03 bits per heavy atom. The topological polar surface area (TPSA) is 114 Å². The van der Waals surface area contributed by atoms with Crippen LogP contribution in [0.1, 0.15) is 50.7 Å². The Balaban J connectivity index is 1.68. The second-order valence-corrected chi connectivity index (χ2v) is 6.89. The van der Waals surface area contributed by atoms with Crippen molar-refractivity contribution in [2.75, 3.05) is 32.9 Å². The summed E-state index contributed by atoms with van der Waals surface area (Å²) in [5.74, 6) is -0.915. The number of aliphatic hydroxyl groups excluding tert-OH is 1. The minimum atomic E-state index is -1.32. The van der Waals surface area contributed by atoms with Crippen molar-refractivity contribution >= 4 is 11.6 Å². The first-order valence-corrected chi connectivity index (χ1v) is 9.80. The molecule has 1 aromatic rings. The Kier molecular flexibility index (Phi) is 9.23. The standard InChI is InChI=1S/C19H28FN3O6/c1-14(24)18-15(20)7-8-16(19(18)23(26)27)29-11-5-3-2-4-6-17(25)21-22-9-12-28-13-10-22/h7-8,14,24H,2-6,9-13H2,1H3,(H,21,25). The molecule has 10 heteroatoms. The van der Waals surface area contributed by atoms with Crippen molar-refractivity contribution in [3.05, 3.63) is 33.6 Å². The van der Waals surface area contributed by atoms with E-state index in [9.17, 15) is 24.4 Å². The highest BCUT2D eigenvalue weighted by atomic mass is 19.1. The van der Waals surface area contributed by atoms with Crippen molar-refractivity contribution in [2.24, 2.45) is 0 Å². The number of benzene rings is 1. The average Bonchev–Trinajstić information content (AvgIpc) is 2.68. The van der Waals surface area contributed by atoms with Gasteiger partial charge in [-0.3, -0.25) is 20.3 Å². The van der Waals surface area contributed by atoms with Crippen LogP contribution in [0.25, 0.3) is 0 Å². The van der Waals surface area contributed by atoms with E-state index >= 15 is 0 Å². The number of aliphatic hydroxyl groups is 1. The number of hydrazine groups is 1. The third kappa shape index (κ3) is 7.22. The summed E-state index contributed by atoms with van der Waals surface area (Å²) in [5.41, 5.74) is 1.93. The Morgan fingerprint density at radius 1 is 1.34 bits per heavy atom. The molecule has 0 spiro atoms. The summed E-state index contributed by atoms with van der Waals surface area (Å²) in [6.07, 6.45) is 2.11. The molecule has 1 amide bonds. The zero-order chi connectivity index (χ0) is 21.2. The molecule has 0 bridgehead atoms. The summed E-state index contributed by atoms with van der Waals surface area (Å²) in [6, 6.07) is 2.26. The molecule has 2 rings (SSSR count). The number of hydrogen-bond acceptors (Lipinski definition) is 7. The predicted molar refractivity (Wildman–Crippen MR) is 103 cm³/mol. The number of nitrogens with zero attached hydrogens (tertiary/aromatic N) is 2. The SMILES string of the molecule is CC(O)c1c(F)ccc(OCCCCCCC(=O)NN2CCOCC2)c1[N+](=O)[O-]. The monoisotopic (exact) mass is 413 g/mol. The van der Waals surface area contributed by atoms with Crippen LogP contribution in [0.2, 0.25) is 0 Å². The van der Waals surface area contributed by atoms with Crippen LogP contribution in [-0.2, 0) is 9.53 Å². The van der Waals surface area contributed by atoms with Gasteiger partial charge in [-0.25, -0.2) is 9.40 Å². The lowest BCUT2D eigenvalue weighted by Gasteiger charge is -2.26. The smallest absolute Gasteiger partial charge is 0.319 e. The van der Waals surface area contributed by atoms with Crippen LogP contribution in [0.4, 0.5) is 10.1 Å². The molecule has 29 heavy (non-hydrogen) atoms. The molecular weight excluding hydrogens is 385 g/mol. The highest BCUT2D eigenvalue weighted by Gasteiger charge is 2.27. The number of nitro groups is 1. The number of carbonyl (C=O) groups is 1. The van der Waals surface area contributed by atoms with Crippen LogP contribution in [-0.4, -0.2) is 53.9 Å². The van der Waals surface area contributed by atoms with E-state index in [-0.39, 0.29) is 23.8 Å². The number of unbranched alkanes of at least 4 members (excludes halogenated alkanes) is 3. The van der Waals surface area contributed by atoms with Gasteiger partial charge in [-0.2, -0.15) is 0 Å². The van der Waals surface area contributed by atoms with E-state index < -0.39 is 22.5 Å². The summed E-state index contributed by atoms with van der Waals surface area (Å²) < 4.78 is 24.5. The Bertz CT molecular complexity index is 695. The van der Waals surface area contributed by atoms with E-state index in [1.54, 1.807) is 0 Å². The largest absolute Gasteiger partial charge is 0.487 e. The number of nitro benzene ring substituents is 1. The van der Waals surface area contributed by atoms with E-state index in [1.807, 2.05) is 5.01 Å². The third-order valence-electron chi connectivity index (χ3n) is 4.58. The lowest BCUT2D eigenvalue weighted by molar-refractivity contribution is -0.387. The lowest BCUT2D eigenvalue weighted by atomic mass is 10.1. The van der Waals surface area contributed by atoms with Gasteiger partial charge in [0.25, 0.3) is 0 Å². The molecule has 0 aliphatic carbocycles. The van der Waals surface area contributed by atoms with Gasteiger partial charge in [0.05, 0.1) is 36.4 Å². The maximum atomic E-state index is 13.8. The summed E-state index contributed by atoms with van der Waals surface area (Å²) in [5, 5.41) is 22.8. The molecule has 1 unspecified atom stereocenters. The molecule has 1 aliphatic heterocycles. The van der Waals surface area contributed by atoms with Crippen LogP contribution >= 0.6 is 0 Å². The number of nitrogens with one attached hydrogen (secondary N) is 1. The van der Waals surface area contributed by atoms with E-state index in [1.165, 1.54) is 13.0 Å². The van der Waals surface area contributed by atoms with Gasteiger partial charge in [0.15, 0.2) is 5.75 Å². The van der Waals surface area contributed by atoms with Gasteiger partial charge in [-0.05, 0) is 31.9 Å². The van der Waals surface area contributed by atoms with Gasteiger partial charge in [0.1, 0.15) is 5.82 Å². The van der Waals surface area contributed by atoms with Gasteiger partial charge in [0.2, 0.25) is 5.91 Å². The summed E-state index contributed by atoms with van der Waals surface area (Å²) in [4.78, 5) is 22.4. The highest BCUT2D eigenvalue weighted by Crippen LogP contribution is 2.36. The number of rotatable bonds is 11. The maximum absolute atomic E-state index is 13.8. The number of hydrogen-bond donors (Lipinski definition) is 2. The molecule has 1 atom stereocenters. The molecule has 2 N–H and O–H groups in total. The van der Waals surface area contributed by atoms with Crippen LogP contribution < -0.4 is 10.2 Å². The molecule has 0 aromatic heterocycles. The molecule has 1 fully saturated rings. The van der Waals surface area contributed by atoms with Gasteiger partial charge in [0, 0.05) is 19.5 Å². The van der Waals surface area contributed by atoms with Gasteiger partial charge >= 0.3 is 5.69 Å². The second kappa shape index (κ2) is 11.6. The molecule has 9 nitrogen and oxygen atoms in total. The van der Waals surface area contributed by atoms with E-state index in [4.69, 9.17) is 9.47 Å². The number of halogens is 1. The summed E-state index contributed by atoms with van der Waals surface area (Å²) >= 11 is 0. The fourth-order valence-corrected chi connectivity index (χ4v) is 3.10. The minimum absolute atomic E-state index is 0.0178. The zero-order valence-corrected chi connectivity index (χ0v) is 16.6. The predicted octanol–water partition coefficient (Wildman–Crippen LogP) is 2.48. The first kappa shape index (κ1) is 23.0. The average molecular weight is 413 g/mol. The number of morpholine rings is 1. The first-order valence-electron chi connectivity index (χ1n) is 9.80. The number of amides is 1. The molecule has 162 valence electrons. The van der Waals surface area contributed by atoms with Gasteiger partial charge in [-0.1, -0.05) is 12.8 Å². The summed E-state index contributed by atoms with van der Waals surface area (Å²) in [6.45, 7) is 4.11. The van der Waals surface area contributed by atoms with Crippen molar-refractivity contribution in [1.82, 2.24) is 10.4 Å². The van der Waals surface area contributed by atoms with Crippen LogP contribution in [0, 0.1) is 15.9 Å². The normalized spacial score (nSPS) is 15.7. The molecule has 1 aliphatic rings. The summed E-state index contributed by atoms with van der Waals surface area (Å²) in [7, 11) is 0. The van der Waals surface area contributed by atoms with Gasteiger partial charge in [-0.15, -0.1) is 0 Å². The van der Waals surface area contributed by atoms with Crippen molar-refractivity contribution < 1.29 is 28.7 Å². The third-order valence-corrected chi connectivity index (χ3v) is 4.58. The Hall–Kier alpha value is -2.30. The maximum Gasteiger partial charge on any atom is 0.319 e. The fourth-order valence-electron chi connectivity index (χ4n) is 3.10. The van der Waals surface area contributed by atoms with Crippen molar-refractivity contribution in [2.45, 2.75) is 45.1 Å². The Labute approximate surface area is 168 Å². The van der Waals surface area contributed by atoms with Crippen LogP contribution in [0.15, 0.2) is 12.1 Å². The van der Waals surface area contributed by atoms with E-state index in [0.29, 0.717) is 39.1 Å². The molecule has 1 aromatic carbocycles. The molecular formula is C19H28FN3O6. The van der Waals surface area contributed by atoms with Crippen LogP contribution in [0.5, 0.6) is 5.75 Å². The van der Waals surface area contributed by atoms with Crippen molar-refractivity contribution in [3.8, 4) is 5.75 Å². The minimum Gasteiger partial charge on any atom is -0.487 e. The fraction of sp³-hybridized carbons (Fsp3) is 0.632. The molecule has 0 saturated carbocycles. The molecule has 1 saturated heterocycles. The molecule has 1 heterocycles. The Morgan fingerprint density at radius 3 is 2.69 bits per heavy atom. The first-order chi connectivity index (χ1) is 13.9. The zero-order valence-electron chi connectivity index (χ0n) is 16.6. The second-order valence-electron chi connectivity index (χ2n) is 6.89. The van der Waals surface area contributed by atoms with E-state index in [0.717, 1.165) is 25.3 Å². The lowest BCUT2D eigenvalue weighted by Crippen LogP contribution is -2.48. The van der Waals surface area contributed by atoms with Crippen molar-refractivity contribution in [3.63, 3.8) is 0 Å². The van der Waals surface area contributed by atoms with Crippen LogP contribution in [0.3, 0.4) is 0 Å². The highest BCUT2D eigenvalue weighted by molar-refractivity contribution is 5.75. The van der Waals surface area contributed by atoms with Gasteiger partial charge < -0.3 is 14.6 Å². The van der Waals surface area contributed by atoms with E-state index in [2.05, 4.69) is 5.43 Å². The quantitative estimate of drug-likeness (QED) is 0.325.